The van der Waals surface area contributed by atoms with Crippen molar-refractivity contribution in [2.45, 2.75) is 38.2 Å². The number of aromatic nitrogens is 2. The molecule has 142 valence electrons. The van der Waals surface area contributed by atoms with Gasteiger partial charge in [-0.15, -0.1) is 0 Å². The van der Waals surface area contributed by atoms with Gasteiger partial charge in [0.05, 0.1) is 17.4 Å². The van der Waals surface area contributed by atoms with Gasteiger partial charge in [-0.05, 0) is 19.3 Å². The molecule has 7 heteroatoms. The third kappa shape index (κ3) is 5.34. The standard InChI is InChI=1S/C20H24N4O3/c21-19(26)16-13-23-20(14-5-2-1-3-6-14)24-17(16)10-11-22-18(25)9-8-15-7-4-12-27-15/h1-3,5-6,13,15H,4,7-12H2,(H2,21,26)(H,22,25). The van der Waals surface area contributed by atoms with Gasteiger partial charge in [-0.1, -0.05) is 30.3 Å². The first-order chi connectivity index (χ1) is 13.1. The first-order valence-corrected chi connectivity index (χ1v) is 9.23. The van der Waals surface area contributed by atoms with Crippen molar-refractivity contribution in [3.05, 3.63) is 47.8 Å². The third-order valence-electron chi connectivity index (χ3n) is 4.57. The van der Waals surface area contributed by atoms with Gasteiger partial charge in [-0.25, -0.2) is 9.97 Å². The number of carbonyl (C=O) groups excluding carboxylic acids is 2. The molecule has 0 radical (unpaired) electrons. The van der Waals surface area contributed by atoms with Crippen molar-refractivity contribution in [2.24, 2.45) is 5.73 Å². The van der Waals surface area contributed by atoms with Crippen molar-refractivity contribution in [3.63, 3.8) is 0 Å². The molecule has 3 N–H and O–H groups in total. The molecule has 27 heavy (non-hydrogen) atoms. The Kier molecular flexibility index (Phi) is 6.49. The van der Waals surface area contributed by atoms with E-state index in [0.29, 0.717) is 30.9 Å². The zero-order chi connectivity index (χ0) is 19.1. The van der Waals surface area contributed by atoms with Crippen LogP contribution >= 0.6 is 0 Å². The second kappa shape index (κ2) is 9.23. The second-order valence-electron chi connectivity index (χ2n) is 6.56. The number of primary amides is 1. The van der Waals surface area contributed by atoms with E-state index >= 15 is 0 Å². The smallest absolute Gasteiger partial charge is 0.252 e. The van der Waals surface area contributed by atoms with Crippen LogP contribution in [0.1, 0.15) is 41.7 Å². The van der Waals surface area contributed by atoms with Gasteiger partial charge in [0.1, 0.15) is 0 Å². The van der Waals surface area contributed by atoms with E-state index < -0.39 is 5.91 Å². The van der Waals surface area contributed by atoms with Crippen molar-refractivity contribution < 1.29 is 14.3 Å². The molecular weight excluding hydrogens is 344 g/mol. The van der Waals surface area contributed by atoms with Crippen LogP contribution in [0.5, 0.6) is 0 Å². The summed E-state index contributed by atoms with van der Waals surface area (Å²) in [5.74, 6) is -0.0712. The van der Waals surface area contributed by atoms with Crippen molar-refractivity contribution in [2.75, 3.05) is 13.2 Å². The maximum Gasteiger partial charge on any atom is 0.252 e. The lowest BCUT2D eigenvalue weighted by molar-refractivity contribution is -0.121. The molecule has 0 spiro atoms. The van der Waals surface area contributed by atoms with Crippen LogP contribution in [0.15, 0.2) is 36.5 Å². The van der Waals surface area contributed by atoms with Crippen LogP contribution in [0.25, 0.3) is 11.4 Å². The molecule has 1 aromatic heterocycles. The number of ether oxygens (including phenoxy) is 1. The van der Waals surface area contributed by atoms with Gasteiger partial charge in [-0.2, -0.15) is 0 Å². The minimum atomic E-state index is -0.575. The molecule has 1 aliphatic rings. The van der Waals surface area contributed by atoms with Gasteiger partial charge in [0.25, 0.3) is 5.91 Å². The van der Waals surface area contributed by atoms with Crippen LogP contribution in [-0.4, -0.2) is 41.0 Å². The summed E-state index contributed by atoms with van der Waals surface area (Å²) in [6.45, 7) is 1.18. The number of benzene rings is 1. The molecule has 7 nitrogen and oxygen atoms in total. The van der Waals surface area contributed by atoms with Crippen LogP contribution in [0.2, 0.25) is 0 Å². The lowest BCUT2D eigenvalue weighted by Gasteiger charge is -2.11. The summed E-state index contributed by atoms with van der Waals surface area (Å²) in [5, 5.41) is 2.87. The molecule has 2 amide bonds. The van der Waals surface area contributed by atoms with Crippen molar-refractivity contribution in [3.8, 4) is 11.4 Å². The predicted molar refractivity (Wildman–Crippen MR) is 101 cm³/mol. The first-order valence-electron chi connectivity index (χ1n) is 9.23. The summed E-state index contributed by atoms with van der Waals surface area (Å²) >= 11 is 0. The monoisotopic (exact) mass is 368 g/mol. The van der Waals surface area contributed by atoms with E-state index in [1.54, 1.807) is 0 Å². The molecule has 3 rings (SSSR count). The normalized spacial score (nSPS) is 16.2. The highest BCUT2D eigenvalue weighted by Crippen LogP contribution is 2.17. The Bertz CT molecular complexity index is 789. The Morgan fingerprint density at radius 1 is 1.26 bits per heavy atom. The first kappa shape index (κ1) is 19.0. The van der Waals surface area contributed by atoms with Gasteiger partial charge in [0.15, 0.2) is 5.82 Å². The quantitative estimate of drug-likeness (QED) is 0.739. The number of hydrogen-bond donors (Lipinski definition) is 2. The predicted octanol–water partition coefficient (Wildman–Crippen LogP) is 1.86. The summed E-state index contributed by atoms with van der Waals surface area (Å²) < 4.78 is 5.53. The average Bonchev–Trinajstić information content (AvgIpc) is 3.20. The second-order valence-corrected chi connectivity index (χ2v) is 6.56. The fraction of sp³-hybridized carbons (Fsp3) is 0.400. The lowest BCUT2D eigenvalue weighted by Crippen LogP contribution is -2.27. The zero-order valence-corrected chi connectivity index (χ0v) is 15.2. The topological polar surface area (TPSA) is 107 Å². The number of amides is 2. The third-order valence-corrected chi connectivity index (χ3v) is 4.57. The van der Waals surface area contributed by atoms with Gasteiger partial charge >= 0.3 is 0 Å². The van der Waals surface area contributed by atoms with Crippen molar-refractivity contribution >= 4 is 11.8 Å². The fourth-order valence-electron chi connectivity index (χ4n) is 3.11. The number of carbonyl (C=O) groups is 2. The van der Waals surface area contributed by atoms with Crippen molar-refractivity contribution in [1.29, 1.82) is 0 Å². The highest BCUT2D eigenvalue weighted by molar-refractivity contribution is 5.93. The fourth-order valence-corrected chi connectivity index (χ4v) is 3.11. The maximum atomic E-state index is 12.0. The van der Waals surface area contributed by atoms with Gasteiger partial charge in [0, 0.05) is 37.8 Å². The van der Waals surface area contributed by atoms with E-state index in [2.05, 4.69) is 15.3 Å². The number of nitrogens with one attached hydrogen (secondary N) is 1. The molecule has 1 atom stereocenters. The van der Waals surface area contributed by atoms with Gasteiger partial charge in [0.2, 0.25) is 5.91 Å². The Hall–Kier alpha value is -2.80. The summed E-state index contributed by atoms with van der Waals surface area (Å²) in [4.78, 5) is 32.4. The Labute approximate surface area is 158 Å². The molecule has 1 aliphatic heterocycles. The molecule has 1 unspecified atom stereocenters. The maximum absolute atomic E-state index is 12.0. The van der Waals surface area contributed by atoms with Crippen LogP contribution in [0, 0.1) is 0 Å². The summed E-state index contributed by atoms with van der Waals surface area (Å²) in [6, 6.07) is 9.50. The Balaban J connectivity index is 1.59. The largest absolute Gasteiger partial charge is 0.378 e. The van der Waals surface area contributed by atoms with E-state index in [-0.39, 0.29) is 17.6 Å². The van der Waals surface area contributed by atoms with Crippen LogP contribution < -0.4 is 11.1 Å². The van der Waals surface area contributed by atoms with E-state index in [4.69, 9.17) is 10.5 Å². The lowest BCUT2D eigenvalue weighted by atomic mass is 10.1. The van der Waals surface area contributed by atoms with Gasteiger partial charge in [-0.3, -0.25) is 9.59 Å². The molecule has 2 heterocycles. The Morgan fingerprint density at radius 2 is 2.07 bits per heavy atom. The molecule has 0 aliphatic carbocycles. The highest BCUT2D eigenvalue weighted by Gasteiger charge is 2.17. The molecule has 0 saturated carbocycles. The number of nitrogens with zero attached hydrogens (tertiary/aromatic N) is 2. The van der Waals surface area contributed by atoms with E-state index in [0.717, 1.165) is 31.4 Å². The summed E-state index contributed by atoms with van der Waals surface area (Å²) in [5.41, 5.74) is 7.11. The SMILES string of the molecule is NC(=O)c1cnc(-c2ccccc2)nc1CCNC(=O)CCC1CCCO1. The molecular formula is C20H24N4O3. The Morgan fingerprint density at radius 3 is 2.78 bits per heavy atom. The van der Waals surface area contributed by atoms with Crippen molar-refractivity contribution in [1.82, 2.24) is 15.3 Å². The molecule has 0 bridgehead atoms. The highest BCUT2D eigenvalue weighted by atomic mass is 16.5. The van der Waals surface area contributed by atoms with Crippen LogP contribution in [0.4, 0.5) is 0 Å². The summed E-state index contributed by atoms with van der Waals surface area (Å²) in [7, 11) is 0. The van der Waals surface area contributed by atoms with Crippen LogP contribution in [0.3, 0.4) is 0 Å². The molecule has 1 fully saturated rings. The summed E-state index contributed by atoms with van der Waals surface area (Å²) in [6.07, 6.45) is 5.33. The molecule has 2 aromatic rings. The zero-order valence-electron chi connectivity index (χ0n) is 15.2. The van der Waals surface area contributed by atoms with E-state index in [9.17, 15) is 9.59 Å². The average molecular weight is 368 g/mol. The van der Waals surface area contributed by atoms with Crippen LogP contribution in [-0.2, 0) is 16.0 Å². The number of nitrogens with two attached hydrogens (primary N) is 1. The van der Waals surface area contributed by atoms with Gasteiger partial charge < -0.3 is 15.8 Å². The van der Waals surface area contributed by atoms with E-state index in [1.807, 2.05) is 30.3 Å². The number of rotatable bonds is 8. The van der Waals surface area contributed by atoms with E-state index in [1.165, 1.54) is 6.20 Å². The number of hydrogen-bond acceptors (Lipinski definition) is 5. The molecule has 1 saturated heterocycles. The minimum Gasteiger partial charge on any atom is -0.378 e. The molecule has 1 aromatic carbocycles. The minimum absolute atomic E-state index is 0.0246.